The molecule has 5 rings (SSSR count). The number of nitrogens with zero attached hydrogens (tertiary/aromatic N) is 3. The molecule has 0 unspecified atom stereocenters. The molecule has 2 amide bonds. The maximum atomic E-state index is 13.7. The van der Waals surface area contributed by atoms with Crippen molar-refractivity contribution < 1.29 is 23.9 Å². The molecule has 2 aromatic rings. The molecule has 8 nitrogen and oxygen atoms in total. The number of hydrazone groups is 1. The number of carbonyl (C=O) groups excluding carboxylic acids is 3. The number of hydrogen-bond donors (Lipinski definition) is 0. The van der Waals surface area contributed by atoms with E-state index in [0.717, 1.165) is 4.90 Å². The van der Waals surface area contributed by atoms with E-state index in [1.807, 2.05) is 0 Å². The molecule has 0 aromatic heterocycles. The molecule has 33 heavy (non-hydrogen) atoms. The van der Waals surface area contributed by atoms with Crippen LogP contribution >= 0.6 is 11.6 Å². The minimum absolute atomic E-state index is 0.288. The van der Waals surface area contributed by atoms with Crippen molar-refractivity contribution >= 4 is 41.1 Å². The van der Waals surface area contributed by atoms with E-state index < -0.39 is 35.7 Å². The van der Waals surface area contributed by atoms with Crippen LogP contribution in [0.25, 0.3) is 0 Å². The zero-order valence-corrected chi connectivity index (χ0v) is 18.6. The maximum absolute atomic E-state index is 13.7. The second-order valence-corrected chi connectivity index (χ2v) is 8.32. The van der Waals surface area contributed by atoms with Crippen molar-refractivity contribution in [1.82, 2.24) is 5.01 Å². The van der Waals surface area contributed by atoms with Crippen LogP contribution in [0, 0.1) is 11.8 Å². The highest BCUT2D eigenvalue weighted by molar-refractivity contribution is 6.36. The third kappa shape index (κ3) is 3.13. The van der Waals surface area contributed by atoms with E-state index in [1.165, 1.54) is 14.2 Å². The first-order chi connectivity index (χ1) is 16.0. The average molecular weight is 466 g/mol. The van der Waals surface area contributed by atoms with E-state index in [9.17, 15) is 14.4 Å². The number of halogens is 1. The topological polar surface area (TPSA) is 88.5 Å². The number of rotatable bonds is 5. The molecule has 0 spiro atoms. The molecule has 2 fully saturated rings. The van der Waals surface area contributed by atoms with Gasteiger partial charge in [0, 0.05) is 11.8 Å². The lowest BCUT2D eigenvalue weighted by Crippen LogP contribution is -2.46. The van der Waals surface area contributed by atoms with Crippen molar-refractivity contribution in [3.63, 3.8) is 0 Å². The molecule has 0 bridgehead atoms. The van der Waals surface area contributed by atoms with Gasteiger partial charge in [-0.05, 0) is 36.4 Å². The van der Waals surface area contributed by atoms with Gasteiger partial charge in [-0.15, -0.1) is 0 Å². The number of allylic oxidation sites excluding steroid dienone is 1. The summed E-state index contributed by atoms with van der Waals surface area (Å²) in [5.74, 6) is -1.97. The van der Waals surface area contributed by atoms with E-state index in [2.05, 4.69) is 5.10 Å². The van der Waals surface area contributed by atoms with Crippen LogP contribution in [0.1, 0.15) is 10.4 Å². The Morgan fingerprint density at radius 2 is 1.73 bits per heavy atom. The monoisotopic (exact) mass is 465 g/mol. The summed E-state index contributed by atoms with van der Waals surface area (Å²) in [5.41, 5.74) is 0.647. The van der Waals surface area contributed by atoms with Crippen LogP contribution in [0.15, 0.2) is 59.7 Å². The van der Waals surface area contributed by atoms with Gasteiger partial charge in [0.05, 0.1) is 42.8 Å². The van der Waals surface area contributed by atoms with Gasteiger partial charge in [0.2, 0.25) is 11.8 Å². The van der Waals surface area contributed by atoms with E-state index in [4.69, 9.17) is 21.1 Å². The first-order valence-corrected chi connectivity index (χ1v) is 10.7. The second-order valence-electron chi connectivity index (χ2n) is 7.91. The fraction of sp³-hybridized carbons (Fsp3) is 0.250. The van der Waals surface area contributed by atoms with Crippen molar-refractivity contribution in [2.45, 2.75) is 12.1 Å². The van der Waals surface area contributed by atoms with Gasteiger partial charge in [-0.25, -0.2) is 4.90 Å². The van der Waals surface area contributed by atoms with Gasteiger partial charge in [-0.3, -0.25) is 19.4 Å². The first-order valence-electron chi connectivity index (χ1n) is 10.4. The summed E-state index contributed by atoms with van der Waals surface area (Å²) >= 11 is 6.30. The molecule has 3 heterocycles. The van der Waals surface area contributed by atoms with E-state index >= 15 is 0 Å². The standard InChI is InChI=1S/C24H20ClN3O5/c1-32-17-10-9-13(12-18(17)33-2)22(29)21-20-19(16-8-5-11-26-28(16)21)23(30)27(24(20)31)15-7-4-3-6-14(15)25/h3-12,16,19-21H,1-2H3/t16-,19-,20-,21-/m1/s1. The van der Waals surface area contributed by atoms with Gasteiger partial charge in [-0.2, -0.15) is 5.10 Å². The average Bonchev–Trinajstić information content (AvgIpc) is 3.31. The second kappa shape index (κ2) is 8.04. The smallest absolute Gasteiger partial charge is 0.240 e. The van der Waals surface area contributed by atoms with Crippen LogP contribution < -0.4 is 14.4 Å². The molecule has 2 saturated heterocycles. The van der Waals surface area contributed by atoms with Crippen LogP contribution in [-0.4, -0.2) is 55.1 Å². The summed E-state index contributed by atoms with van der Waals surface area (Å²) in [5, 5.41) is 6.21. The van der Waals surface area contributed by atoms with E-state index in [1.54, 1.807) is 65.8 Å². The normalized spacial score (nSPS) is 25.3. The third-order valence-electron chi connectivity index (χ3n) is 6.32. The molecule has 0 radical (unpaired) electrons. The number of para-hydroxylation sites is 1. The van der Waals surface area contributed by atoms with Gasteiger partial charge in [-0.1, -0.05) is 29.8 Å². The Labute approximate surface area is 195 Å². The number of methoxy groups -OCH3 is 2. The van der Waals surface area contributed by atoms with E-state index in [0.29, 0.717) is 22.7 Å². The molecule has 4 atom stereocenters. The quantitative estimate of drug-likeness (QED) is 0.498. The Morgan fingerprint density at radius 3 is 2.45 bits per heavy atom. The Balaban J connectivity index is 1.58. The van der Waals surface area contributed by atoms with Crippen molar-refractivity contribution in [2.75, 3.05) is 19.1 Å². The summed E-state index contributed by atoms with van der Waals surface area (Å²) in [4.78, 5) is 41.9. The number of imide groups is 1. The molecule has 2 aromatic carbocycles. The van der Waals surface area contributed by atoms with Crippen molar-refractivity contribution in [2.24, 2.45) is 16.9 Å². The number of carbonyl (C=O) groups is 3. The van der Waals surface area contributed by atoms with Gasteiger partial charge in [0.1, 0.15) is 6.04 Å². The molecule has 9 heteroatoms. The number of ether oxygens (including phenoxy) is 2. The minimum Gasteiger partial charge on any atom is -0.493 e. The highest BCUT2D eigenvalue weighted by Gasteiger charge is 2.64. The summed E-state index contributed by atoms with van der Waals surface area (Å²) in [7, 11) is 2.99. The maximum Gasteiger partial charge on any atom is 0.240 e. The van der Waals surface area contributed by atoms with E-state index in [-0.39, 0.29) is 10.8 Å². The third-order valence-corrected chi connectivity index (χ3v) is 6.64. The van der Waals surface area contributed by atoms with Crippen LogP contribution in [0.3, 0.4) is 0 Å². The number of fused-ring (bicyclic) bond motifs is 3. The zero-order chi connectivity index (χ0) is 23.3. The number of benzene rings is 2. The Morgan fingerprint density at radius 1 is 1.00 bits per heavy atom. The first kappa shape index (κ1) is 21.2. The highest BCUT2D eigenvalue weighted by Crippen LogP contribution is 2.47. The van der Waals surface area contributed by atoms with Gasteiger partial charge in [0.15, 0.2) is 17.3 Å². The molecule has 0 N–H and O–H groups in total. The fourth-order valence-corrected chi connectivity index (χ4v) is 5.09. The number of ketones is 1. The number of Topliss-reactive ketones (excluding diaryl/α,β-unsaturated/α-hetero) is 1. The van der Waals surface area contributed by atoms with Gasteiger partial charge in [0.25, 0.3) is 0 Å². The van der Waals surface area contributed by atoms with Crippen LogP contribution in [0.5, 0.6) is 11.5 Å². The predicted octanol–water partition coefficient (Wildman–Crippen LogP) is 2.95. The molecular weight excluding hydrogens is 446 g/mol. The lowest BCUT2D eigenvalue weighted by Gasteiger charge is -2.30. The molecule has 3 aliphatic rings. The van der Waals surface area contributed by atoms with Crippen LogP contribution in [0.4, 0.5) is 5.69 Å². The molecular formula is C24H20ClN3O5. The van der Waals surface area contributed by atoms with Crippen LogP contribution in [-0.2, 0) is 9.59 Å². The Bertz CT molecular complexity index is 1230. The largest absolute Gasteiger partial charge is 0.493 e. The number of hydrogen-bond acceptors (Lipinski definition) is 7. The van der Waals surface area contributed by atoms with Gasteiger partial charge >= 0.3 is 0 Å². The summed E-state index contributed by atoms with van der Waals surface area (Å²) in [6.07, 6.45) is 5.07. The molecule has 0 aliphatic carbocycles. The molecule has 3 aliphatic heterocycles. The number of anilines is 1. The van der Waals surface area contributed by atoms with Crippen molar-refractivity contribution in [1.29, 1.82) is 0 Å². The number of amides is 2. The summed E-state index contributed by atoms with van der Waals surface area (Å²) in [6.45, 7) is 0. The molecule has 168 valence electrons. The highest BCUT2D eigenvalue weighted by atomic mass is 35.5. The lowest BCUT2D eigenvalue weighted by molar-refractivity contribution is -0.123. The SMILES string of the molecule is COc1ccc(C(=O)[C@H]2[C@@H]3C(=O)N(c4ccccc4Cl)C(=O)[C@@H]3[C@H]3C=CC=NN32)cc1OC. The van der Waals surface area contributed by atoms with Crippen molar-refractivity contribution in [3.05, 3.63) is 65.2 Å². The summed E-state index contributed by atoms with van der Waals surface area (Å²) in [6, 6.07) is 10.0. The fourth-order valence-electron chi connectivity index (χ4n) is 4.87. The Kier molecular flexibility index (Phi) is 5.17. The lowest BCUT2D eigenvalue weighted by atomic mass is 9.86. The zero-order valence-electron chi connectivity index (χ0n) is 17.8. The van der Waals surface area contributed by atoms with Crippen LogP contribution in [0.2, 0.25) is 5.02 Å². The summed E-state index contributed by atoms with van der Waals surface area (Å²) < 4.78 is 10.6. The van der Waals surface area contributed by atoms with Gasteiger partial charge < -0.3 is 9.47 Å². The predicted molar refractivity (Wildman–Crippen MR) is 122 cm³/mol. The minimum atomic E-state index is -0.955. The Hall–Kier alpha value is -3.65. The molecule has 0 saturated carbocycles. The van der Waals surface area contributed by atoms with Crippen molar-refractivity contribution in [3.8, 4) is 11.5 Å².